The fourth-order valence-electron chi connectivity index (χ4n) is 2.24. The van der Waals surface area contributed by atoms with Crippen molar-refractivity contribution in [2.45, 2.75) is 18.4 Å². The number of piperazine rings is 1. The van der Waals surface area contributed by atoms with Crippen LogP contribution in [0.25, 0.3) is 0 Å². The molecule has 1 atom stereocenters. The number of halogens is 5. The highest BCUT2D eigenvalue weighted by Crippen LogP contribution is 2.31. The summed E-state index contributed by atoms with van der Waals surface area (Å²) in [6.45, 7) is 0.147. The molecule has 116 valence electrons. The van der Waals surface area contributed by atoms with Gasteiger partial charge in [-0.15, -0.1) is 0 Å². The van der Waals surface area contributed by atoms with Crippen LogP contribution in [0.2, 0.25) is 0 Å². The normalized spacial score (nSPS) is 19.9. The summed E-state index contributed by atoms with van der Waals surface area (Å²) >= 11 is 0. The molecule has 8 heteroatoms. The van der Waals surface area contributed by atoms with E-state index in [0.29, 0.717) is 4.90 Å². The molecule has 0 saturated carbocycles. The fourth-order valence-corrected chi connectivity index (χ4v) is 2.24. The van der Waals surface area contributed by atoms with E-state index < -0.39 is 30.1 Å². The van der Waals surface area contributed by atoms with Gasteiger partial charge >= 0.3 is 12.3 Å². The van der Waals surface area contributed by atoms with Gasteiger partial charge in [-0.1, -0.05) is 12.1 Å². The molecule has 1 N–H and O–H groups in total. The van der Waals surface area contributed by atoms with Gasteiger partial charge in [-0.3, -0.25) is 4.79 Å². The molecule has 1 unspecified atom stereocenters. The van der Waals surface area contributed by atoms with Crippen LogP contribution in [0.15, 0.2) is 24.3 Å². The van der Waals surface area contributed by atoms with E-state index in [-0.39, 0.29) is 25.2 Å². The molecule has 0 spiro atoms. The smallest absolute Gasteiger partial charge is 0.328 e. The Morgan fingerprint density at radius 3 is 2.71 bits per heavy atom. The molecule has 1 heterocycles. The maximum atomic E-state index is 13.3. The number of nitrogens with zero attached hydrogens (tertiary/aromatic N) is 1. The molecule has 0 bridgehead atoms. The zero-order valence-corrected chi connectivity index (χ0v) is 10.8. The van der Waals surface area contributed by atoms with Gasteiger partial charge in [-0.2, -0.15) is 8.78 Å². The summed E-state index contributed by atoms with van der Waals surface area (Å²) < 4.78 is 64.4. The molecule has 21 heavy (non-hydrogen) atoms. The van der Waals surface area contributed by atoms with Gasteiger partial charge in [-0.25, -0.2) is 13.2 Å². The van der Waals surface area contributed by atoms with Crippen LogP contribution in [0.5, 0.6) is 0 Å². The average Bonchev–Trinajstić information content (AvgIpc) is 2.46. The van der Waals surface area contributed by atoms with Gasteiger partial charge in [0.1, 0.15) is 5.82 Å². The van der Waals surface area contributed by atoms with Gasteiger partial charge in [0, 0.05) is 19.6 Å². The van der Waals surface area contributed by atoms with E-state index in [1.165, 1.54) is 18.2 Å². The monoisotopic (exact) mass is 308 g/mol. The van der Waals surface area contributed by atoms with E-state index in [0.717, 1.165) is 6.07 Å². The summed E-state index contributed by atoms with van der Waals surface area (Å²) in [4.78, 5) is 12.4. The van der Waals surface area contributed by atoms with Crippen molar-refractivity contribution in [1.82, 2.24) is 10.2 Å². The van der Waals surface area contributed by atoms with Crippen LogP contribution in [0.4, 0.5) is 22.0 Å². The third-order valence-electron chi connectivity index (χ3n) is 3.30. The first-order valence-electron chi connectivity index (χ1n) is 6.27. The third kappa shape index (κ3) is 3.15. The number of carbonyl (C=O) groups is 1. The lowest BCUT2D eigenvalue weighted by atomic mass is 10.0. The Morgan fingerprint density at radius 2 is 2.10 bits per heavy atom. The van der Waals surface area contributed by atoms with Gasteiger partial charge in [-0.05, 0) is 17.7 Å². The van der Waals surface area contributed by atoms with E-state index >= 15 is 0 Å². The lowest BCUT2D eigenvalue weighted by molar-refractivity contribution is -0.183. The summed E-state index contributed by atoms with van der Waals surface area (Å²) in [5.74, 6) is -7.28. The summed E-state index contributed by atoms with van der Waals surface area (Å²) in [7, 11) is 0. The third-order valence-corrected chi connectivity index (χ3v) is 3.30. The molecule has 1 aliphatic rings. The Hall–Kier alpha value is -1.70. The molecular formula is C13H13F5N2O. The maximum absolute atomic E-state index is 13.3. The molecule has 1 aliphatic heterocycles. The van der Waals surface area contributed by atoms with Crippen molar-refractivity contribution in [2.24, 2.45) is 0 Å². The highest BCUT2D eigenvalue weighted by molar-refractivity contribution is 5.84. The molecule has 1 saturated heterocycles. The van der Waals surface area contributed by atoms with Crippen molar-refractivity contribution in [3.05, 3.63) is 35.6 Å². The Kier molecular flexibility index (Phi) is 4.46. The van der Waals surface area contributed by atoms with Gasteiger partial charge in [0.15, 0.2) is 0 Å². The van der Waals surface area contributed by atoms with Gasteiger partial charge in [0.2, 0.25) is 0 Å². The molecule has 1 aromatic carbocycles. The van der Waals surface area contributed by atoms with E-state index in [1.54, 1.807) is 0 Å². The second kappa shape index (κ2) is 5.97. The van der Waals surface area contributed by atoms with Crippen molar-refractivity contribution < 1.29 is 26.7 Å². The Labute approximate surface area is 117 Å². The molecule has 3 nitrogen and oxygen atoms in total. The first-order valence-corrected chi connectivity index (χ1v) is 6.27. The van der Waals surface area contributed by atoms with E-state index in [9.17, 15) is 26.7 Å². The summed E-state index contributed by atoms with van der Waals surface area (Å²) in [5.41, 5.74) is 0.278. The zero-order chi connectivity index (χ0) is 15.6. The van der Waals surface area contributed by atoms with Crippen LogP contribution >= 0.6 is 0 Å². The number of amides is 1. The summed E-state index contributed by atoms with van der Waals surface area (Å²) in [6.07, 6.45) is -4.08. The van der Waals surface area contributed by atoms with Crippen LogP contribution in [0.3, 0.4) is 0 Å². The van der Waals surface area contributed by atoms with Crippen molar-refractivity contribution in [1.29, 1.82) is 0 Å². The lowest BCUT2D eigenvalue weighted by Crippen LogP contribution is -2.55. The largest absolute Gasteiger partial charge is 0.383 e. The first kappa shape index (κ1) is 15.7. The Balaban J connectivity index is 2.30. The van der Waals surface area contributed by atoms with Crippen LogP contribution < -0.4 is 5.32 Å². The van der Waals surface area contributed by atoms with E-state index in [1.807, 2.05) is 0 Å². The number of carbonyl (C=O) groups excluding carboxylic acids is 1. The minimum atomic E-state index is -4.75. The second-order valence-corrected chi connectivity index (χ2v) is 4.70. The average molecular weight is 308 g/mol. The maximum Gasteiger partial charge on any atom is 0.383 e. The summed E-state index contributed by atoms with van der Waals surface area (Å²) in [6, 6.07) is 4.18. The highest BCUT2D eigenvalue weighted by Gasteiger charge is 2.52. The van der Waals surface area contributed by atoms with Gasteiger partial charge in [0.25, 0.3) is 5.91 Å². The molecule has 1 fully saturated rings. The fraction of sp³-hybridized carbons (Fsp3) is 0.462. The second-order valence-electron chi connectivity index (χ2n) is 4.70. The van der Waals surface area contributed by atoms with Crippen LogP contribution in [0, 0.1) is 5.82 Å². The molecule has 0 radical (unpaired) electrons. The molecule has 1 amide bonds. The SMILES string of the molecule is O=C(N1CCNCC1c1cccc(F)c1)C(F)(F)C(F)F. The molecule has 1 aromatic rings. The van der Waals surface area contributed by atoms with Crippen LogP contribution in [-0.2, 0) is 4.79 Å². The predicted molar refractivity (Wildman–Crippen MR) is 64.7 cm³/mol. The minimum absolute atomic E-state index is 0.0918. The van der Waals surface area contributed by atoms with Crippen molar-refractivity contribution in [3.63, 3.8) is 0 Å². The lowest BCUT2D eigenvalue weighted by Gasteiger charge is -2.38. The summed E-state index contributed by atoms with van der Waals surface area (Å²) in [5, 5.41) is 2.87. The van der Waals surface area contributed by atoms with Crippen LogP contribution in [0.1, 0.15) is 11.6 Å². The number of alkyl halides is 4. The first-order chi connectivity index (χ1) is 9.84. The standard InChI is InChI=1S/C13H13F5N2O/c14-9-3-1-2-8(6-9)10-7-19-4-5-20(10)12(21)13(17,18)11(15)16/h1-3,6,10-11,19H,4-5,7H2. The Morgan fingerprint density at radius 1 is 1.38 bits per heavy atom. The molecular weight excluding hydrogens is 295 g/mol. The number of nitrogens with one attached hydrogen (secondary N) is 1. The van der Waals surface area contributed by atoms with E-state index in [4.69, 9.17) is 0 Å². The van der Waals surface area contributed by atoms with Crippen molar-refractivity contribution in [3.8, 4) is 0 Å². The van der Waals surface area contributed by atoms with Gasteiger partial charge < -0.3 is 10.2 Å². The Bertz CT molecular complexity index is 523. The van der Waals surface area contributed by atoms with Crippen LogP contribution in [-0.4, -0.2) is 42.8 Å². The zero-order valence-electron chi connectivity index (χ0n) is 10.8. The quantitative estimate of drug-likeness (QED) is 0.868. The highest BCUT2D eigenvalue weighted by atomic mass is 19.3. The van der Waals surface area contributed by atoms with Crippen molar-refractivity contribution >= 4 is 5.91 Å². The van der Waals surface area contributed by atoms with Crippen molar-refractivity contribution in [2.75, 3.05) is 19.6 Å². The molecule has 0 aliphatic carbocycles. The van der Waals surface area contributed by atoms with Gasteiger partial charge in [0.05, 0.1) is 6.04 Å². The number of rotatable bonds is 3. The van der Waals surface area contributed by atoms with E-state index in [2.05, 4.69) is 5.32 Å². The number of hydrogen-bond donors (Lipinski definition) is 1. The molecule has 0 aromatic heterocycles. The number of hydrogen-bond acceptors (Lipinski definition) is 2. The number of benzene rings is 1. The minimum Gasteiger partial charge on any atom is -0.328 e. The topological polar surface area (TPSA) is 32.3 Å². The predicted octanol–water partition coefficient (Wildman–Crippen LogP) is 2.20. The molecule has 2 rings (SSSR count).